The van der Waals surface area contributed by atoms with Crippen molar-refractivity contribution in [1.82, 2.24) is 5.32 Å². The van der Waals surface area contributed by atoms with Gasteiger partial charge in [-0.2, -0.15) is 11.8 Å². The highest BCUT2D eigenvalue weighted by atomic mass is 32.2. The topological polar surface area (TPSA) is 66.4 Å². The lowest BCUT2D eigenvalue weighted by molar-refractivity contribution is -0.140. The van der Waals surface area contributed by atoms with E-state index in [0.29, 0.717) is 5.75 Å². The van der Waals surface area contributed by atoms with Crippen LogP contribution in [-0.4, -0.2) is 42.2 Å². The first kappa shape index (κ1) is 21.9. The van der Waals surface area contributed by atoms with Crippen molar-refractivity contribution in [2.45, 2.75) is 13.0 Å². The molecule has 3 aromatic carbocycles. The summed E-state index contributed by atoms with van der Waals surface area (Å²) in [6, 6.07) is 30.6. The third kappa shape index (κ3) is 5.01. The summed E-state index contributed by atoms with van der Waals surface area (Å²) in [7, 11) is -2.41. The fraction of sp³-hybridized carbons (Fsp3) is 0.167. The highest BCUT2D eigenvalue weighted by Gasteiger charge is 2.39. The van der Waals surface area contributed by atoms with E-state index >= 15 is 0 Å². The number of thioether (sulfide) groups is 1. The highest BCUT2D eigenvalue weighted by Crippen LogP contribution is 2.16. The number of nitrogens with one attached hydrogen (secondary N) is 1. The average Bonchev–Trinajstić information content (AvgIpc) is 2.77. The largest absolute Gasteiger partial charge is 0.480 e. The first-order valence-corrected chi connectivity index (χ1v) is 13.1. The van der Waals surface area contributed by atoms with E-state index in [9.17, 15) is 14.7 Å². The molecule has 6 heteroatoms. The van der Waals surface area contributed by atoms with Crippen LogP contribution in [0.1, 0.15) is 6.92 Å². The molecule has 0 aliphatic carbocycles. The van der Waals surface area contributed by atoms with Crippen LogP contribution >= 0.6 is 11.8 Å². The minimum atomic E-state index is -2.41. The summed E-state index contributed by atoms with van der Waals surface area (Å²) in [4.78, 5) is 23.0. The molecule has 0 fully saturated rings. The number of carboxylic acids is 1. The molecule has 0 aromatic heterocycles. The first-order chi connectivity index (χ1) is 14.5. The van der Waals surface area contributed by atoms with E-state index in [4.69, 9.17) is 0 Å². The van der Waals surface area contributed by atoms with E-state index in [0.717, 1.165) is 5.38 Å². The van der Waals surface area contributed by atoms with Gasteiger partial charge in [0, 0.05) is 18.1 Å². The number of aliphatic carboxylic acids is 1. The quantitative estimate of drug-likeness (QED) is 0.399. The second-order valence-corrected chi connectivity index (χ2v) is 12.5. The highest BCUT2D eigenvalue weighted by molar-refractivity contribution is 8.01. The fourth-order valence-electron chi connectivity index (χ4n) is 3.67. The van der Waals surface area contributed by atoms with Crippen LogP contribution in [0, 0.1) is 0 Å². The molecule has 3 rings (SSSR count). The predicted molar refractivity (Wildman–Crippen MR) is 127 cm³/mol. The van der Waals surface area contributed by atoms with E-state index in [2.05, 4.69) is 78.1 Å². The van der Waals surface area contributed by atoms with Crippen LogP contribution in [0.5, 0.6) is 0 Å². The van der Waals surface area contributed by atoms with Crippen molar-refractivity contribution >= 4 is 47.3 Å². The molecule has 0 saturated heterocycles. The van der Waals surface area contributed by atoms with Gasteiger partial charge in [-0.3, -0.25) is 4.79 Å². The summed E-state index contributed by atoms with van der Waals surface area (Å²) in [5.74, 6) is -1.03. The van der Waals surface area contributed by atoms with Crippen molar-refractivity contribution in [3.8, 4) is 0 Å². The average molecular weight is 436 g/mol. The molecule has 0 bridgehead atoms. The van der Waals surface area contributed by atoms with Crippen molar-refractivity contribution in [3.05, 3.63) is 91.0 Å². The summed E-state index contributed by atoms with van der Waals surface area (Å²) < 4.78 is 0. The summed E-state index contributed by atoms with van der Waals surface area (Å²) in [6.45, 7) is 1.34. The Morgan fingerprint density at radius 3 is 1.57 bits per heavy atom. The molecular weight excluding hydrogens is 410 g/mol. The third-order valence-corrected chi connectivity index (χ3v) is 12.2. The summed E-state index contributed by atoms with van der Waals surface area (Å²) in [5, 5.41) is 16.6. The van der Waals surface area contributed by atoms with Crippen LogP contribution in [0.4, 0.5) is 0 Å². The van der Waals surface area contributed by atoms with E-state index < -0.39 is 20.1 Å². The molecule has 0 radical (unpaired) electrons. The molecule has 154 valence electrons. The van der Waals surface area contributed by atoms with Crippen LogP contribution in [0.3, 0.4) is 0 Å². The lowest BCUT2D eigenvalue weighted by Gasteiger charge is -2.33. The van der Waals surface area contributed by atoms with Gasteiger partial charge in [0.1, 0.15) is 6.04 Å². The Kier molecular flexibility index (Phi) is 7.49. The van der Waals surface area contributed by atoms with Crippen LogP contribution < -0.4 is 20.9 Å². The number of benzene rings is 3. The number of amides is 1. The van der Waals surface area contributed by atoms with Crippen LogP contribution in [0.15, 0.2) is 91.0 Å². The molecule has 0 aliphatic heterocycles. The van der Waals surface area contributed by atoms with Gasteiger partial charge in [-0.15, -0.1) is 0 Å². The van der Waals surface area contributed by atoms with Crippen molar-refractivity contribution in [1.29, 1.82) is 0 Å². The van der Waals surface area contributed by atoms with Gasteiger partial charge in [-0.1, -0.05) is 91.0 Å². The molecule has 4 nitrogen and oxygen atoms in total. The number of hydrogen-bond donors (Lipinski definition) is 2. The number of carbonyl (C=O) groups excluding carboxylic acids is 1. The predicted octanol–water partition coefficient (Wildman–Crippen LogP) is 2.02. The Morgan fingerprint density at radius 1 is 0.833 bits per heavy atom. The Hall–Kier alpha value is -2.83. The van der Waals surface area contributed by atoms with Gasteiger partial charge in [-0.25, -0.2) is 4.79 Å². The molecule has 2 N–H and O–H groups in total. The number of carboxylic acid groups (broad SMARTS) is 1. The second-order valence-electron chi connectivity index (χ2n) is 7.11. The van der Waals surface area contributed by atoms with Crippen molar-refractivity contribution in [3.63, 3.8) is 0 Å². The summed E-state index contributed by atoms with van der Waals surface area (Å²) in [6.07, 6.45) is 0. The van der Waals surface area contributed by atoms with E-state index in [1.807, 2.05) is 18.2 Å². The maximum absolute atomic E-state index is 11.6. The summed E-state index contributed by atoms with van der Waals surface area (Å²) >= 11 is 1.59. The zero-order chi connectivity index (χ0) is 21.4. The van der Waals surface area contributed by atoms with Crippen LogP contribution in [-0.2, 0) is 9.59 Å². The van der Waals surface area contributed by atoms with Crippen molar-refractivity contribution in [2.24, 2.45) is 0 Å². The molecule has 30 heavy (non-hydrogen) atoms. The number of rotatable bonds is 9. The minimum Gasteiger partial charge on any atom is -0.480 e. The zero-order valence-electron chi connectivity index (χ0n) is 16.8. The fourth-order valence-corrected chi connectivity index (χ4v) is 11.1. The van der Waals surface area contributed by atoms with Gasteiger partial charge < -0.3 is 10.4 Å². The maximum Gasteiger partial charge on any atom is 0.327 e. The summed E-state index contributed by atoms with van der Waals surface area (Å²) in [5.41, 5.74) is 0. The molecule has 1 atom stereocenters. The SMILES string of the molecule is CC(=O)NC(CSC[Si](c1ccccc1)(c1ccccc1)c1ccccc1)C(=O)O. The van der Waals surface area contributed by atoms with Crippen LogP contribution in [0.2, 0.25) is 0 Å². The van der Waals surface area contributed by atoms with E-state index in [1.165, 1.54) is 22.5 Å². The minimum absolute atomic E-state index is 0.316. The third-order valence-electron chi connectivity index (χ3n) is 5.08. The van der Waals surface area contributed by atoms with Gasteiger partial charge in [0.05, 0.1) is 0 Å². The monoisotopic (exact) mass is 435 g/mol. The standard InChI is InChI=1S/C24H25NO3SSi/c1-19(26)25-23(24(27)28)17-29-18-30(20-11-5-2-6-12-20,21-13-7-3-8-14-21)22-15-9-4-10-16-22/h2-16,23H,17-18H2,1H3,(H,25,26)(H,27,28). The molecule has 1 unspecified atom stereocenters. The Balaban J connectivity index is 2.03. The van der Waals surface area contributed by atoms with Gasteiger partial charge in [-0.05, 0) is 15.6 Å². The van der Waals surface area contributed by atoms with Gasteiger partial charge >= 0.3 is 5.97 Å². The van der Waals surface area contributed by atoms with Crippen molar-refractivity contribution in [2.75, 3.05) is 11.1 Å². The number of carbonyl (C=O) groups is 2. The van der Waals surface area contributed by atoms with Gasteiger partial charge in [0.15, 0.2) is 8.07 Å². The number of hydrogen-bond acceptors (Lipinski definition) is 3. The second kappa shape index (κ2) is 10.3. The molecule has 0 spiro atoms. The van der Waals surface area contributed by atoms with E-state index in [1.54, 1.807) is 11.8 Å². The smallest absolute Gasteiger partial charge is 0.327 e. The van der Waals surface area contributed by atoms with Crippen molar-refractivity contribution < 1.29 is 14.7 Å². The molecule has 0 saturated carbocycles. The Bertz CT molecular complexity index is 871. The molecule has 3 aromatic rings. The van der Waals surface area contributed by atoms with E-state index in [-0.39, 0.29) is 5.91 Å². The first-order valence-electron chi connectivity index (χ1n) is 9.78. The maximum atomic E-state index is 11.6. The molecule has 0 aliphatic rings. The van der Waals surface area contributed by atoms with Crippen LogP contribution in [0.25, 0.3) is 0 Å². The Labute approximate surface area is 182 Å². The molecular formula is C24H25NO3SSi. The molecule has 0 heterocycles. The zero-order valence-corrected chi connectivity index (χ0v) is 18.6. The normalized spacial score (nSPS) is 12.2. The lowest BCUT2D eigenvalue weighted by Crippen LogP contribution is -2.69. The van der Waals surface area contributed by atoms with Gasteiger partial charge in [0.2, 0.25) is 5.91 Å². The van der Waals surface area contributed by atoms with Gasteiger partial charge in [0.25, 0.3) is 0 Å². The Morgan fingerprint density at radius 2 is 1.23 bits per heavy atom. The molecule has 1 amide bonds. The lowest BCUT2D eigenvalue weighted by atomic mass is 10.3.